The number of amides is 3. The number of rotatable bonds is 5. The molecule has 6 heteroatoms. The Morgan fingerprint density at radius 1 is 1.00 bits per heavy atom. The molecule has 0 spiro atoms. The number of carbonyl (C=O) groups is 2. The van der Waals surface area contributed by atoms with E-state index in [0.29, 0.717) is 11.9 Å². The van der Waals surface area contributed by atoms with Gasteiger partial charge in [-0.1, -0.05) is 0 Å². The van der Waals surface area contributed by atoms with Gasteiger partial charge in [0, 0.05) is 58.8 Å². The fourth-order valence-electron chi connectivity index (χ4n) is 3.89. The average molecular weight is 308 g/mol. The van der Waals surface area contributed by atoms with Crippen molar-refractivity contribution in [3.05, 3.63) is 0 Å². The highest BCUT2D eigenvalue weighted by Gasteiger charge is 2.33. The van der Waals surface area contributed by atoms with Crippen LogP contribution in [0, 0.1) is 0 Å². The number of likely N-dealkylation sites (N-methyl/N-ethyl adjacent to an activating group) is 1. The lowest BCUT2D eigenvalue weighted by Crippen LogP contribution is -2.46. The van der Waals surface area contributed by atoms with E-state index < -0.39 is 0 Å². The van der Waals surface area contributed by atoms with Gasteiger partial charge in [0.2, 0.25) is 5.91 Å². The number of nitrogens with zero attached hydrogens (tertiary/aromatic N) is 4. The van der Waals surface area contributed by atoms with Crippen LogP contribution in [-0.2, 0) is 4.79 Å². The Kier molecular flexibility index (Phi) is 4.86. The molecule has 0 radical (unpaired) electrons. The van der Waals surface area contributed by atoms with Crippen LogP contribution in [0.3, 0.4) is 0 Å². The largest absolute Gasteiger partial charge is 0.343 e. The van der Waals surface area contributed by atoms with Gasteiger partial charge in [0.1, 0.15) is 0 Å². The number of hydrogen-bond donors (Lipinski definition) is 0. The summed E-state index contributed by atoms with van der Waals surface area (Å²) in [4.78, 5) is 32.0. The van der Waals surface area contributed by atoms with Gasteiger partial charge < -0.3 is 19.6 Å². The quantitative estimate of drug-likeness (QED) is 0.756. The summed E-state index contributed by atoms with van der Waals surface area (Å²) in [5.74, 6) is 0.329. The average Bonchev–Trinajstić information content (AvgIpc) is 3.07. The second-order valence-corrected chi connectivity index (χ2v) is 6.81. The number of carbonyl (C=O) groups excluding carboxylic acids is 2. The zero-order valence-electron chi connectivity index (χ0n) is 13.7. The molecular formula is C16H28N4O2. The first-order valence-corrected chi connectivity index (χ1v) is 8.67. The van der Waals surface area contributed by atoms with Crippen molar-refractivity contribution in [2.24, 2.45) is 0 Å². The molecule has 6 nitrogen and oxygen atoms in total. The number of hydrogen-bond acceptors (Lipinski definition) is 3. The molecule has 0 bridgehead atoms. The second kappa shape index (κ2) is 6.86. The Bertz CT molecular complexity index is 420. The molecule has 0 saturated carbocycles. The van der Waals surface area contributed by atoms with Crippen LogP contribution in [0.2, 0.25) is 0 Å². The zero-order chi connectivity index (χ0) is 15.5. The first kappa shape index (κ1) is 15.6. The third kappa shape index (κ3) is 3.37. The highest BCUT2D eigenvalue weighted by molar-refractivity contribution is 5.78. The van der Waals surface area contributed by atoms with Gasteiger partial charge in [0.25, 0.3) is 0 Å². The van der Waals surface area contributed by atoms with Crippen molar-refractivity contribution < 1.29 is 9.59 Å². The van der Waals surface area contributed by atoms with Gasteiger partial charge in [-0.3, -0.25) is 4.79 Å². The third-order valence-corrected chi connectivity index (χ3v) is 5.32. The molecule has 3 heterocycles. The molecule has 3 aliphatic rings. The molecule has 3 saturated heterocycles. The normalized spacial score (nSPS) is 24.9. The lowest BCUT2D eigenvalue weighted by atomic mass is 10.0. The van der Waals surface area contributed by atoms with E-state index in [-0.39, 0.29) is 6.03 Å². The second-order valence-electron chi connectivity index (χ2n) is 6.81. The van der Waals surface area contributed by atoms with Crippen molar-refractivity contribution in [2.45, 2.75) is 38.1 Å². The molecule has 0 atom stereocenters. The summed E-state index contributed by atoms with van der Waals surface area (Å²) in [7, 11) is 1.89. The van der Waals surface area contributed by atoms with E-state index in [2.05, 4.69) is 9.80 Å². The summed E-state index contributed by atoms with van der Waals surface area (Å²) >= 11 is 0. The van der Waals surface area contributed by atoms with E-state index >= 15 is 0 Å². The van der Waals surface area contributed by atoms with Crippen molar-refractivity contribution in [3.8, 4) is 0 Å². The van der Waals surface area contributed by atoms with Crippen LogP contribution in [0.5, 0.6) is 0 Å². The van der Waals surface area contributed by atoms with E-state index in [4.69, 9.17) is 0 Å². The molecule has 22 heavy (non-hydrogen) atoms. The summed E-state index contributed by atoms with van der Waals surface area (Å²) in [5.41, 5.74) is 0. The Morgan fingerprint density at radius 3 is 2.36 bits per heavy atom. The minimum absolute atomic E-state index is 0.200. The van der Waals surface area contributed by atoms with Crippen molar-refractivity contribution in [2.75, 3.05) is 52.9 Å². The maximum Gasteiger partial charge on any atom is 0.320 e. The van der Waals surface area contributed by atoms with Crippen LogP contribution in [0.15, 0.2) is 0 Å². The molecule has 3 amide bonds. The Hall–Kier alpha value is -1.30. The molecule has 0 unspecified atom stereocenters. The first-order chi connectivity index (χ1) is 10.6. The highest BCUT2D eigenvalue weighted by Crippen LogP contribution is 2.21. The van der Waals surface area contributed by atoms with Gasteiger partial charge in [0.15, 0.2) is 0 Å². The van der Waals surface area contributed by atoms with Crippen LogP contribution in [0.4, 0.5) is 4.79 Å². The maximum absolute atomic E-state index is 12.0. The zero-order valence-corrected chi connectivity index (χ0v) is 13.7. The van der Waals surface area contributed by atoms with Crippen LogP contribution in [-0.4, -0.2) is 90.4 Å². The summed E-state index contributed by atoms with van der Waals surface area (Å²) in [6.45, 7) is 6.84. The van der Waals surface area contributed by atoms with Crippen molar-refractivity contribution >= 4 is 11.9 Å². The predicted molar refractivity (Wildman–Crippen MR) is 84.6 cm³/mol. The number of piperidine rings is 1. The molecule has 3 fully saturated rings. The summed E-state index contributed by atoms with van der Waals surface area (Å²) in [6, 6.07) is 0.625. The molecule has 0 N–H and O–H groups in total. The standard InChI is InChI=1S/C16H28N4O2/c1-17-12-13-20(16(17)22)14-5-10-18(11-6-14)7-3-9-19-8-2-4-15(19)21/h14H,2-13H2,1H3. The summed E-state index contributed by atoms with van der Waals surface area (Å²) < 4.78 is 0. The van der Waals surface area contributed by atoms with E-state index in [1.54, 1.807) is 0 Å². The lowest BCUT2D eigenvalue weighted by molar-refractivity contribution is -0.127. The van der Waals surface area contributed by atoms with Gasteiger partial charge in [-0.15, -0.1) is 0 Å². The third-order valence-electron chi connectivity index (χ3n) is 5.32. The van der Waals surface area contributed by atoms with Gasteiger partial charge in [0.05, 0.1) is 0 Å². The minimum Gasteiger partial charge on any atom is -0.343 e. The monoisotopic (exact) mass is 308 g/mol. The number of likely N-dealkylation sites (tertiary alicyclic amines) is 2. The SMILES string of the molecule is CN1CCN(C2CCN(CCCN3CCCC3=O)CC2)C1=O. The van der Waals surface area contributed by atoms with Crippen molar-refractivity contribution in [1.29, 1.82) is 0 Å². The maximum atomic E-state index is 12.0. The van der Waals surface area contributed by atoms with Crippen LogP contribution >= 0.6 is 0 Å². The fraction of sp³-hybridized carbons (Fsp3) is 0.875. The Morgan fingerprint density at radius 2 is 1.77 bits per heavy atom. The van der Waals surface area contributed by atoms with Crippen molar-refractivity contribution in [3.63, 3.8) is 0 Å². The summed E-state index contributed by atoms with van der Waals surface area (Å²) in [6.07, 6.45) is 5.01. The van der Waals surface area contributed by atoms with Crippen LogP contribution in [0.1, 0.15) is 32.1 Å². The Balaban J connectivity index is 1.35. The molecule has 124 valence electrons. The van der Waals surface area contributed by atoms with Crippen LogP contribution < -0.4 is 0 Å². The van der Waals surface area contributed by atoms with Gasteiger partial charge in [-0.05, 0) is 32.2 Å². The first-order valence-electron chi connectivity index (χ1n) is 8.67. The molecule has 0 aromatic carbocycles. The van der Waals surface area contributed by atoms with Crippen molar-refractivity contribution in [1.82, 2.24) is 19.6 Å². The predicted octanol–water partition coefficient (Wildman–Crippen LogP) is 0.831. The van der Waals surface area contributed by atoms with E-state index in [0.717, 1.165) is 77.9 Å². The fourth-order valence-corrected chi connectivity index (χ4v) is 3.89. The lowest BCUT2D eigenvalue weighted by Gasteiger charge is -2.36. The topological polar surface area (TPSA) is 47.1 Å². The molecular weight excluding hydrogens is 280 g/mol. The van der Waals surface area contributed by atoms with E-state index in [9.17, 15) is 9.59 Å². The molecule has 3 aliphatic heterocycles. The molecule has 0 aromatic rings. The molecule has 0 aromatic heterocycles. The minimum atomic E-state index is 0.200. The smallest absolute Gasteiger partial charge is 0.320 e. The van der Waals surface area contributed by atoms with Gasteiger partial charge in [-0.25, -0.2) is 4.79 Å². The number of urea groups is 1. The highest BCUT2D eigenvalue weighted by atomic mass is 16.2. The Labute approximate surface area is 133 Å². The summed E-state index contributed by atoms with van der Waals surface area (Å²) in [5, 5.41) is 0. The molecule has 3 rings (SSSR count). The van der Waals surface area contributed by atoms with E-state index in [1.165, 1.54) is 0 Å². The molecule has 0 aliphatic carbocycles. The van der Waals surface area contributed by atoms with Crippen LogP contribution in [0.25, 0.3) is 0 Å². The van der Waals surface area contributed by atoms with Gasteiger partial charge >= 0.3 is 6.03 Å². The van der Waals surface area contributed by atoms with E-state index in [1.807, 2.05) is 16.8 Å². The van der Waals surface area contributed by atoms with Gasteiger partial charge in [-0.2, -0.15) is 0 Å².